The molecule has 1 aromatic carbocycles. The van der Waals surface area contributed by atoms with Crippen molar-refractivity contribution in [2.24, 2.45) is 0 Å². The minimum atomic E-state index is -0.451. The molecule has 0 radical (unpaired) electrons. The van der Waals surface area contributed by atoms with E-state index in [1.807, 2.05) is 18.2 Å². The van der Waals surface area contributed by atoms with Crippen LogP contribution in [0.2, 0.25) is 0 Å². The van der Waals surface area contributed by atoms with Gasteiger partial charge in [0, 0.05) is 4.47 Å². The molecule has 0 saturated carbocycles. The summed E-state index contributed by atoms with van der Waals surface area (Å²) in [5.74, 6) is 1.16. The van der Waals surface area contributed by atoms with Crippen LogP contribution in [0.15, 0.2) is 22.7 Å². The van der Waals surface area contributed by atoms with Crippen molar-refractivity contribution in [3.8, 4) is 5.75 Å². The molecule has 0 heterocycles. The minimum absolute atomic E-state index is 0.126. The lowest BCUT2D eigenvalue weighted by Crippen LogP contribution is -2.02. The van der Waals surface area contributed by atoms with Crippen LogP contribution >= 0.6 is 15.9 Å². The van der Waals surface area contributed by atoms with E-state index in [9.17, 15) is 4.39 Å². The van der Waals surface area contributed by atoms with Gasteiger partial charge in [0.15, 0.2) is 0 Å². The normalized spacial score (nSPS) is 10.6. The number of hydrogen-bond donors (Lipinski definition) is 0. The summed E-state index contributed by atoms with van der Waals surface area (Å²) in [5.41, 5.74) is 1.10. The van der Waals surface area contributed by atoms with Crippen LogP contribution in [0, 0.1) is 0 Å². The van der Waals surface area contributed by atoms with Crippen LogP contribution in [0.5, 0.6) is 5.75 Å². The van der Waals surface area contributed by atoms with Gasteiger partial charge in [-0.15, -0.1) is 0 Å². The zero-order valence-electron chi connectivity index (χ0n) is 8.39. The first kappa shape index (κ1) is 11.5. The van der Waals surface area contributed by atoms with Gasteiger partial charge in [0.25, 0.3) is 0 Å². The van der Waals surface area contributed by atoms with Crippen LogP contribution < -0.4 is 4.74 Å². The van der Waals surface area contributed by atoms with Gasteiger partial charge < -0.3 is 4.74 Å². The summed E-state index contributed by atoms with van der Waals surface area (Å²) in [5, 5.41) is 0. The zero-order chi connectivity index (χ0) is 10.6. The van der Waals surface area contributed by atoms with Crippen LogP contribution in [0.3, 0.4) is 0 Å². The fraction of sp³-hybridized carbons (Fsp3) is 0.455. The lowest BCUT2D eigenvalue weighted by molar-refractivity contribution is 0.270. The van der Waals surface area contributed by atoms with Crippen LogP contribution in [0.25, 0.3) is 0 Å². The third-order valence-corrected chi connectivity index (χ3v) is 2.42. The standard InChI is InChI=1S/C11H14BrFO/c1-8(2)10-7-9(12)3-4-11(10)14-6-5-13/h3-4,7-8H,5-6H2,1-2H3. The van der Waals surface area contributed by atoms with Crippen molar-refractivity contribution in [3.63, 3.8) is 0 Å². The lowest BCUT2D eigenvalue weighted by atomic mass is 10.0. The molecule has 14 heavy (non-hydrogen) atoms. The number of ether oxygens (including phenoxy) is 1. The summed E-state index contributed by atoms with van der Waals surface area (Å²) in [6.45, 7) is 3.85. The minimum Gasteiger partial charge on any atom is -0.491 e. The maximum atomic E-state index is 12.0. The SMILES string of the molecule is CC(C)c1cc(Br)ccc1OCCF. The number of alkyl halides is 1. The van der Waals surface area contributed by atoms with Gasteiger partial charge in [-0.2, -0.15) is 0 Å². The molecule has 78 valence electrons. The van der Waals surface area contributed by atoms with E-state index in [1.165, 1.54) is 0 Å². The lowest BCUT2D eigenvalue weighted by Gasteiger charge is -2.13. The Kier molecular flexibility index (Phi) is 4.39. The van der Waals surface area contributed by atoms with Crippen LogP contribution in [-0.4, -0.2) is 13.3 Å². The van der Waals surface area contributed by atoms with Gasteiger partial charge in [0.05, 0.1) is 0 Å². The second-order valence-electron chi connectivity index (χ2n) is 3.37. The molecule has 0 fully saturated rings. The largest absolute Gasteiger partial charge is 0.491 e. The van der Waals surface area contributed by atoms with E-state index in [1.54, 1.807) is 0 Å². The summed E-state index contributed by atoms with van der Waals surface area (Å²) in [7, 11) is 0. The molecule has 0 aliphatic rings. The van der Waals surface area contributed by atoms with E-state index < -0.39 is 6.67 Å². The summed E-state index contributed by atoms with van der Waals surface area (Å²) >= 11 is 3.40. The molecule has 0 bridgehead atoms. The van der Waals surface area contributed by atoms with Gasteiger partial charge in [-0.1, -0.05) is 29.8 Å². The molecule has 1 nitrogen and oxygen atoms in total. The Hall–Kier alpha value is -0.570. The Labute approximate surface area is 92.4 Å². The molecule has 1 aromatic rings. The van der Waals surface area contributed by atoms with E-state index >= 15 is 0 Å². The van der Waals surface area contributed by atoms with Crippen molar-refractivity contribution in [1.82, 2.24) is 0 Å². The molecule has 0 aromatic heterocycles. The van der Waals surface area contributed by atoms with E-state index in [0.29, 0.717) is 5.92 Å². The van der Waals surface area contributed by atoms with Crippen molar-refractivity contribution < 1.29 is 9.13 Å². The van der Waals surface area contributed by atoms with Gasteiger partial charge in [-0.3, -0.25) is 0 Å². The average molecular weight is 261 g/mol. The number of benzene rings is 1. The summed E-state index contributed by atoms with van der Waals surface area (Å²) in [6, 6.07) is 5.78. The topological polar surface area (TPSA) is 9.23 Å². The average Bonchev–Trinajstić information content (AvgIpc) is 2.15. The van der Waals surface area contributed by atoms with Gasteiger partial charge in [-0.05, 0) is 29.7 Å². The quantitative estimate of drug-likeness (QED) is 0.798. The maximum absolute atomic E-state index is 12.0. The summed E-state index contributed by atoms with van der Waals surface area (Å²) in [6.07, 6.45) is 0. The highest BCUT2D eigenvalue weighted by Gasteiger charge is 2.08. The molecule has 0 atom stereocenters. The third kappa shape index (κ3) is 2.98. The fourth-order valence-electron chi connectivity index (χ4n) is 1.25. The summed E-state index contributed by atoms with van der Waals surface area (Å²) < 4.78 is 18.3. The van der Waals surface area contributed by atoms with Gasteiger partial charge in [0.2, 0.25) is 0 Å². The van der Waals surface area contributed by atoms with Crippen molar-refractivity contribution in [1.29, 1.82) is 0 Å². The third-order valence-electron chi connectivity index (χ3n) is 1.93. The zero-order valence-corrected chi connectivity index (χ0v) is 9.97. The first-order valence-electron chi connectivity index (χ1n) is 4.63. The van der Waals surface area contributed by atoms with Gasteiger partial charge in [0.1, 0.15) is 19.0 Å². The highest BCUT2D eigenvalue weighted by molar-refractivity contribution is 9.10. The van der Waals surface area contributed by atoms with E-state index in [-0.39, 0.29) is 6.61 Å². The van der Waals surface area contributed by atoms with E-state index in [0.717, 1.165) is 15.8 Å². The second-order valence-corrected chi connectivity index (χ2v) is 4.29. The Balaban J connectivity index is 2.90. The van der Waals surface area contributed by atoms with Crippen molar-refractivity contribution in [2.45, 2.75) is 19.8 Å². The molecule has 0 saturated heterocycles. The van der Waals surface area contributed by atoms with Gasteiger partial charge in [-0.25, -0.2) is 4.39 Å². The highest BCUT2D eigenvalue weighted by Crippen LogP contribution is 2.29. The van der Waals surface area contributed by atoms with E-state index in [4.69, 9.17) is 4.74 Å². The predicted molar refractivity (Wildman–Crippen MR) is 59.7 cm³/mol. The smallest absolute Gasteiger partial charge is 0.123 e. The molecule has 3 heteroatoms. The monoisotopic (exact) mass is 260 g/mol. The summed E-state index contributed by atoms with van der Waals surface area (Å²) in [4.78, 5) is 0. The highest BCUT2D eigenvalue weighted by atomic mass is 79.9. The fourth-order valence-corrected chi connectivity index (χ4v) is 1.63. The number of halogens is 2. The van der Waals surface area contributed by atoms with Crippen molar-refractivity contribution in [3.05, 3.63) is 28.2 Å². The Morgan fingerprint density at radius 1 is 1.43 bits per heavy atom. The first-order valence-corrected chi connectivity index (χ1v) is 5.42. The predicted octanol–water partition coefficient (Wildman–Crippen LogP) is 3.92. The Morgan fingerprint density at radius 3 is 2.71 bits per heavy atom. The van der Waals surface area contributed by atoms with Crippen LogP contribution in [0.1, 0.15) is 25.3 Å². The number of hydrogen-bond acceptors (Lipinski definition) is 1. The Bertz CT molecular complexity index is 299. The molecule has 0 amide bonds. The van der Waals surface area contributed by atoms with E-state index in [2.05, 4.69) is 29.8 Å². The van der Waals surface area contributed by atoms with Crippen molar-refractivity contribution in [2.75, 3.05) is 13.3 Å². The van der Waals surface area contributed by atoms with Crippen molar-refractivity contribution >= 4 is 15.9 Å². The number of rotatable bonds is 4. The molecule has 0 aliphatic heterocycles. The van der Waals surface area contributed by atoms with Crippen LogP contribution in [-0.2, 0) is 0 Å². The molecular formula is C11H14BrFO. The first-order chi connectivity index (χ1) is 6.65. The molecular weight excluding hydrogens is 247 g/mol. The molecule has 0 aliphatic carbocycles. The Morgan fingerprint density at radius 2 is 2.14 bits per heavy atom. The molecule has 1 rings (SSSR count). The second kappa shape index (κ2) is 5.35. The van der Waals surface area contributed by atoms with Gasteiger partial charge >= 0.3 is 0 Å². The molecule has 0 unspecified atom stereocenters. The van der Waals surface area contributed by atoms with Crippen LogP contribution in [0.4, 0.5) is 4.39 Å². The molecule has 0 N–H and O–H groups in total. The maximum Gasteiger partial charge on any atom is 0.123 e. The molecule has 0 spiro atoms.